The van der Waals surface area contributed by atoms with Gasteiger partial charge in [-0.25, -0.2) is 4.79 Å². The Morgan fingerprint density at radius 1 is 0.833 bits per heavy atom. The zero-order valence-electron chi connectivity index (χ0n) is 12.8. The highest BCUT2D eigenvalue weighted by Crippen LogP contribution is 2.20. The van der Waals surface area contributed by atoms with E-state index in [0.29, 0.717) is 17.9 Å². The molecule has 0 unspecified atom stereocenters. The predicted molar refractivity (Wildman–Crippen MR) is 101 cm³/mol. The highest BCUT2D eigenvalue weighted by atomic mass is 127. The molecule has 4 heteroatoms. The van der Waals surface area contributed by atoms with Crippen molar-refractivity contribution in [2.75, 3.05) is 0 Å². The van der Waals surface area contributed by atoms with Crippen molar-refractivity contribution in [3.63, 3.8) is 0 Å². The topological polar surface area (TPSA) is 35.5 Å². The van der Waals surface area contributed by atoms with Gasteiger partial charge in [0.05, 0.1) is 5.56 Å². The Labute approximate surface area is 154 Å². The fourth-order valence-corrected chi connectivity index (χ4v) is 2.67. The van der Waals surface area contributed by atoms with E-state index in [1.165, 1.54) is 0 Å². The number of carbonyl (C=O) groups excluding carboxylic acids is 1. The molecule has 3 aromatic carbocycles. The lowest BCUT2D eigenvalue weighted by Crippen LogP contribution is -2.08. The summed E-state index contributed by atoms with van der Waals surface area (Å²) in [5.41, 5.74) is 1.64. The Hall–Kier alpha value is -2.34. The van der Waals surface area contributed by atoms with Gasteiger partial charge in [-0.05, 0) is 70.6 Å². The number of rotatable bonds is 5. The number of carbonyl (C=O) groups is 1. The van der Waals surface area contributed by atoms with Crippen LogP contribution in [0.1, 0.15) is 15.9 Å². The van der Waals surface area contributed by atoms with E-state index in [9.17, 15) is 4.79 Å². The first-order chi connectivity index (χ1) is 11.7. The van der Waals surface area contributed by atoms with Crippen LogP contribution in [0.3, 0.4) is 0 Å². The van der Waals surface area contributed by atoms with Crippen LogP contribution in [0.2, 0.25) is 0 Å². The molecule has 0 fully saturated rings. The van der Waals surface area contributed by atoms with E-state index in [0.717, 1.165) is 14.9 Å². The van der Waals surface area contributed by atoms with Crippen molar-refractivity contribution in [2.45, 2.75) is 6.61 Å². The molecule has 120 valence electrons. The fraction of sp³-hybridized carbons (Fsp3) is 0.0500. The summed E-state index contributed by atoms with van der Waals surface area (Å²) in [6, 6.07) is 24.3. The number of benzene rings is 3. The molecular formula is C20H15IO3. The van der Waals surface area contributed by atoms with Crippen LogP contribution >= 0.6 is 22.6 Å². The van der Waals surface area contributed by atoms with E-state index >= 15 is 0 Å². The van der Waals surface area contributed by atoms with Gasteiger partial charge in [-0.1, -0.05) is 36.4 Å². The van der Waals surface area contributed by atoms with Gasteiger partial charge in [0.2, 0.25) is 0 Å². The number of hydrogen-bond donors (Lipinski definition) is 0. The Bertz CT molecular complexity index is 814. The Balaban J connectivity index is 1.59. The van der Waals surface area contributed by atoms with E-state index in [2.05, 4.69) is 22.6 Å². The van der Waals surface area contributed by atoms with Gasteiger partial charge in [0.25, 0.3) is 0 Å². The summed E-state index contributed by atoms with van der Waals surface area (Å²) in [6.45, 7) is 0.502. The summed E-state index contributed by atoms with van der Waals surface area (Å²) in [7, 11) is 0. The van der Waals surface area contributed by atoms with Gasteiger partial charge < -0.3 is 9.47 Å². The van der Waals surface area contributed by atoms with Crippen LogP contribution in [0.5, 0.6) is 11.5 Å². The molecule has 3 rings (SSSR count). The normalized spacial score (nSPS) is 10.2. The van der Waals surface area contributed by atoms with Crippen LogP contribution in [-0.2, 0) is 6.61 Å². The SMILES string of the molecule is O=C(Oc1ccc(OCc2ccccc2)cc1)c1cccc(I)c1. The number of esters is 1. The third-order valence-corrected chi connectivity index (χ3v) is 4.01. The monoisotopic (exact) mass is 430 g/mol. The Morgan fingerprint density at radius 3 is 2.25 bits per heavy atom. The first-order valence-corrected chi connectivity index (χ1v) is 8.53. The highest BCUT2D eigenvalue weighted by Gasteiger charge is 2.09. The van der Waals surface area contributed by atoms with Crippen LogP contribution in [0.15, 0.2) is 78.9 Å². The van der Waals surface area contributed by atoms with Crippen molar-refractivity contribution in [3.05, 3.63) is 93.6 Å². The Kier molecular flexibility index (Phi) is 5.48. The zero-order chi connectivity index (χ0) is 16.8. The minimum absolute atomic E-state index is 0.369. The molecule has 0 N–H and O–H groups in total. The van der Waals surface area contributed by atoms with E-state index in [4.69, 9.17) is 9.47 Å². The predicted octanol–water partition coefficient (Wildman–Crippen LogP) is 5.09. The molecule has 3 aromatic rings. The van der Waals surface area contributed by atoms with Gasteiger partial charge in [0.1, 0.15) is 18.1 Å². The minimum Gasteiger partial charge on any atom is -0.489 e. The van der Waals surface area contributed by atoms with Gasteiger partial charge in [0, 0.05) is 3.57 Å². The molecule has 0 amide bonds. The smallest absolute Gasteiger partial charge is 0.343 e. The van der Waals surface area contributed by atoms with Crippen LogP contribution in [0.4, 0.5) is 0 Å². The molecule has 0 saturated carbocycles. The number of ether oxygens (including phenoxy) is 2. The summed E-state index contributed by atoms with van der Waals surface area (Å²) < 4.78 is 12.1. The van der Waals surface area contributed by atoms with Crippen molar-refractivity contribution in [1.82, 2.24) is 0 Å². The number of hydrogen-bond acceptors (Lipinski definition) is 3. The van der Waals surface area contributed by atoms with Crippen LogP contribution < -0.4 is 9.47 Å². The molecule has 0 saturated heterocycles. The maximum atomic E-state index is 12.1. The second kappa shape index (κ2) is 7.97. The highest BCUT2D eigenvalue weighted by molar-refractivity contribution is 14.1. The average Bonchev–Trinajstić information content (AvgIpc) is 2.62. The summed E-state index contributed by atoms with van der Waals surface area (Å²) >= 11 is 2.16. The van der Waals surface area contributed by atoms with E-state index in [-0.39, 0.29) is 5.97 Å². The molecule has 0 spiro atoms. The molecule has 0 heterocycles. The van der Waals surface area contributed by atoms with Crippen molar-refractivity contribution >= 4 is 28.6 Å². The van der Waals surface area contributed by atoms with Crippen molar-refractivity contribution in [1.29, 1.82) is 0 Å². The van der Waals surface area contributed by atoms with E-state index in [1.54, 1.807) is 36.4 Å². The molecular weight excluding hydrogens is 415 g/mol. The van der Waals surface area contributed by atoms with Gasteiger partial charge in [0.15, 0.2) is 0 Å². The van der Waals surface area contributed by atoms with Gasteiger partial charge in [-0.3, -0.25) is 0 Å². The van der Waals surface area contributed by atoms with Crippen molar-refractivity contribution < 1.29 is 14.3 Å². The van der Waals surface area contributed by atoms with E-state index in [1.807, 2.05) is 42.5 Å². The van der Waals surface area contributed by atoms with Crippen LogP contribution in [0.25, 0.3) is 0 Å². The lowest BCUT2D eigenvalue weighted by molar-refractivity contribution is 0.0734. The number of halogens is 1. The summed E-state index contributed by atoms with van der Waals surface area (Å²) in [4.78, 5) is 12.1. The molecule has 3 nitrogen and oxygen atoms in total. The molecule has 0 bridgehead atoms. The fourth-order valence-electron chi connectivity index (χ4n) is 2.13. The Morgan fingerprint density at radius 2 is 1.54 bits per heavy atom. The minimum atomic E-state index is -0.369. The summed E-state index contributed by atoms with van der Waals surface area (Å²) in [5.74, 6) is 0.852. The molecule has 0 radical (unpaired) electrons. The zero-order valence-corrected chi connectivity index (χ0v) is 15.0. The summed E-state index contributed by atoms with van der Waals surface area (Å²) in [6.07, 6.45) is 0. The quantitative estimate of drug-likeness (QED) is 0.322. The first kappa shape index (κ1) is 16.5. The third-order valence-electron chi connectivity index (χ3n) is 3.34. The maximum Gasteiger partial charge on any atom is 0.343 e. The van der Waals surface area contributed by atoms with Gasteiger partial charge >= 0.3 is 5.97 Å². The second-order valence-corrected chi connectivity index (χ2v) is 6.39. The van der Waals surface area contributed by atoms with Gasteiger partial charge in [-0.2, -0.15) is 0 Å². The van der Waals surface area contributed by atoms with Crippen molar-refractivity contribution in [2.24, 2.45) is 0 Å². The van der Waals surface area contributed by atoms with Crippen LogP contribution in [0, 0.1) is 3.57 Å². The molecule has 24 heavy (non-hydrogen) atoms. The lowest BCUT2D eigenvalue weighted by atomic mass is 10.2. The lowest BCUT2D eigenvalue weighted by Gasteiger charge is -2.08. The molecule has 0 aliphatic carbocycles. The third kappa shape index (κ3) is 4.58. The average molecular weight is 430 g/mol. The maximum absolute atomic E-state index is 12.1. The molecule has 0 aliphatic heterocycles. The van der Waals surface area contributed by atoms with Crippen LogP contribution in [-0.4, -0.2) is 5.97 Å². The standard InChI is InChI=1S/C20H15IO3/c21-17-8-4-7-16(13-17)20(22)24-19-11-9-18(10-12-19)23-14-15-5-2-1-3-6-15/h1-13H,14H2. The largest absolute Gasteiger partial charge is 0.489 e. The van der Waals surface area contributed by atoms with Crippen molar-refractivity contribution in [3.8, 4) is 11.5 Å². The second-order valence-electron chi connectivity index (χ2n) is 5.15. The van der Waals surface area contributed by atoms with E-state index < -0.39 is 0 Å². The molecule has 0 aromatic heterocycles. The molecule has 0 atom stereocenters. The molecule has 0 aliphatic rings. The first-order valence-electron chi connectivity index (χ1n) is 7.45. The summed E-state index contributed by atoms with van der Waals surface area (Å²) in [5, 5.41) is 0. The van der Waals surface area contributed by atoms with Gasteiger partial charge in [-0.15, -0.1) is 0 Å².